The summed E-state index contributed by atoms with van der Waals surface area (Å²) in [6.45, 7) is 0.759. The van der Waals surface area contributed by atoms with Crippen LogP contribution in [0.25, 0.3) is 0 Å². The Morgan fingerprint density at radius 3 is 2.79 bits per heavy atom. The number of benzene rings is 1. The van der Waals surface area contributed by atoms with E-state index in [0.29, 0.717) is 24.6 Å². The number of hydrogen-bond acceptors (Lipinski definition) is 6. The van der Waals surface area contributed by atoms with Crippen LogP contribution in [0.3, 0.4) is 0 Å². The third-order valence-electron chi connectivity index (χ3n) is 4.60. The average Bonchev–Trinajstić information content (AvgIpc) is 3.31. The van der Waals surface area contributed by atoms with Crippen molar-refractivity contribution in [2.75, 3.05) is 26.5 Å². The summed E-state index contributed by atoms with van der Waals surface area (Å²) < 4.78 is 37.9. The first-order valence-electron chi connectivity index (χ1n) is 7.62. The highest BCUT2D eigenvalue weighted by molar-refractivity contribution is 7.89. The molecule has 1 aromatic carbocycles. The van der Waals surface area contributed by atoms with Crippen LogP contribution in [0, 0.1) is 5.92 Å². The van der Waals surface area contributed by atoms with Gasteiger partial charge in [0, 0.05) is 37.6 Å². The van der Waals surface area contributed by atoms with E-state index in [0.717, 1.165) is 5.56 Å². The minimum atomic E-state index is -3.64. The highest BCUT2D eigenvalue weighted by Gasteiger charge is 2.40. The molecule has 2 aliphatic rings. The smallest absolute Gasteiger partial charge is 0.243 e. The lowest BCUT2D eigenvalue weighted by atomic mass is 9.92. The van der Waals surface area contributed by atoms with E-state index in [1.54, 1.807) is 17.4 Å². The molecule has 1 aromatic heterocycles. The number of ether oxygens (including phenoxy) is 2. The van der Waals surface area contributed by atoms with E-state index in [-0.39, 0.29) is 30.1 Å². The van der Waals surface area contributed by atoms with Crippen LogP contribution in [0.4, 0.5) is 0 Å². The number of thiophene rings is 1. The molecule has 6 nitrogen and oxygen atoms in total. The first kappa shape index (κ1) is 15.9. The Hall–Kier alpha value is -1.61. The SMILES string of the molecule is O=S(=O)(c1ccc2c(c1)OCO2)N1CC(CO)C(c2ccsc2)C1. The molecule has 0 saturated carbocycles. The fraction of sp³-hybridized carbons (Fsp3) is 0.375. The molecule has 1 N–H and O–H groups in total. The molecule has 3 heterocycles. The highest BCUT2D eigenvalue weighted by atomic mass is 32.2. The van der Waals surface area contributed by atoms with Gasteiger partial charge in [0.15, 0.2) is 11.5 Å². The second kappa shape index (κ2) is 6.03. The molecule has 8 heteroatoms. The van der Waals surface area contributed by atoms with E-state index >= 15 is 0 Å². The van der Waals surface area contributed by atoms with Crippen LogP contribution >= 0.6 is 11.3 Å². The van der Waals surface area contributed by atoms with Crippen molar-refractivity contribution in [3.63, 3.8) is 0 Å². The zero-order valence-corrected chi connectivity index (χ0v) is 14.4. The average molecular weight is 367 g/mol. The summed E-state index contributed by atoms with van der Waals surface area (Å²) >= 11 is 1.58. The lowest BCUT2D eigenvalue weighted by molar-refractivity contribution is 0.174. The van der Waals surface area contributed by atoms with Gasteiger partial charge in [0.05, 0.1) is 4.90 Å². The Kier molecular flexibility index (Phi) is 4.00. The van der Waals surface area contributed by atoms with Crippen molar-refractivity contribution in [2.45, 2.75) is 10.8 Å². The van der Waals surface area contributed by atoms with Crippen LogP contribution in [-0.4, -0.2) is 44.3 Å². The predicted molar refractivity (Wildman–Crippen MR) is 89.0 cm³/mol. The zero-order chi connectivity index (χ0) is 16.7. The summed E-state index contributed by atoms with van der Waals surface area (Å²) in [4.78, 5) is 0.189. The van der Waals surface area contributed by atoms with Crippen LogP contribution in [0.15, 0.2) is 39.9 Å². The van der Waals surface area contributed by atoms with E-state index in [2.05, 4.69) is 0 Å². The third kappa shape index (κ3) is 2.59. The maximum atomic E-state index is 13.0. The number of fused-ring (bicyclic) bond motifs is 1. The molecule has 2 aliphatic heterocycles. The van der Waals surface area contributed by atoms with Crippen LogP contribution in [0.2, 0.25) is 0 Å². The van der Waals surface area contributed by atoms with Crippen molar-refractivity contribution in [3.05, 3.63) is 40.6 Å². The van der Waals surface area contributed by atoms with Crippen molar-refractivity contribution >= 4 is 21.4 Å². The Morgan fingerprint density at radius 1 is 1.21 bits per heavy atom. The molecule has 0 aliphatic carbocycles. The summed E-state index contributed by atoms with van der Waals surface area (Å²) in [5, 5.41) is 13.7. The molecule has 1 saturated heterocycles. The van der Waals surface area contributed by atoms with Crippen molar-refractivity contribution in [1.29, 1.82) is 0 Å². The molecule has 128 valence electrons. The van der Waals surface area contributed by atoms with Crippen molar-refractivity contribution in [3.8, 4) is 11.5 Å². The monoisotopic (exact) mass is 367 g/mol. The van der Waals surface area contributed by atoms with Crippen molar-refractivity contribution in [1.82, 2.24) is 4.31 Å². The Morgan fingerprint density at radius 2 is 2.04 bits per heavy atom. The number of hydrogen-bond donors (Lipinski definition) is 1. The molecule has 0 radical (unpaired) electrons. The van der Waals surface area contributed by atoms with E-state index in [9.17, 15) is 13.5 Å². The fourth-order valence-corrected chi connectivity index (χ4v) is 5.53. The number of sulfonamides is 1. The standard InChI is InChI=1S/C16H17NO5S2/c18-8-12-6-17(7-14(12)11-3-4-23-9-11)24(19,20)13-1-2-15-16(5-13)22-10-21-15/h1-5,9,12,14,18H,6-8,10H2. The minimum absolute atomic E-state index is 0.0186. The summed E-state index contributed by atoms with van der Waals surface area (Å²) in [5.41, 5.74) is 1.09. The van der Waals surface area contributed by atoms with Gasteiger partial charge >= 0.3 is 0 Å². The summed E-state index contributed by atoms with van der Waals surface area (Å²) in [6, 6.07) is 6.65. The molecule has 2 atom stereocenters. The molecule has 1 fully saturated rings. The van der Waals surface area contributed by atoms with Crippen LogP contribution in [0.5, 0.6) is 11.5 Å². The van der Waals surface area contributed by atoms with Gasteiger partial charge in [-0.05, 0) is 34.5 Å². The predicted octanol–water partition coefficient (Wildman–Crippen LogP) is 1.87. The first-order valence-corrected chi connectivity index (χ1v) is 10.0. The van der Waals surface area contributed by atoms with Gasteiger partial charge in [-0.2, -0.15) is 15.6 Å². The van der Waals surface area contributed by atoms with Gasteiger partial charge in [0.2, 0.25) is 16.8 Å². The van der Waals surface area contributed by atoms with Crippen molar-refractivity contribution in [2.24, 2.45) is 5.92 Å². The normalized spacial score (nSPS) is 23.7. The molecular formula is C16H17NO5S2. The Bertz CT molecular complexity index is 834. The second-order valence-electron chi connectivity index (χ2n) is 5.94. The number of nitrogens with zero attached hydrogens (tertiary/aromatic N) is 1. The summed E-state index contributed by atoms with van der Waals surface area (Å²) in [7, 11) is -3.64. The molecule has 0 amide bonds. The highest BCUT2D eigenvalue weighted by Crippen LogP contribution is 2.38. The third-order valence-corrected chi connectivity index (χ3v) is 7.12. The lowest BCUT2D eigenvalue weighted by Gasteiger charge is -2.16. The number of aliphatic hydroxyl groups is 1. The minimum Gasteiger partial charge on any atom is -0.454 e. The molecule has 2 aromatic rings. The zero-order valence-electron chi connectivity index (χ0n) is 12.8. The number of aliphatic hydroxyl groups excluding tert-OH is 1. The van der Waals surface area contributed by atoms with Gasteiger partial charge in [0.25, 0.3) is 0 Å². The molecule has 2 unspecified atom stereocenters. The maximum absolute atomic E-state index is 13.0. The largest absolute Gasteiger partial charge is 0.454 e. The van der Waals surface area contributed by atoms with Gasteiger partial charge in [-0.15, -0.1) is 0 Å². The topological polar surface area (TPSA) is 76.1 Å². The summed E-state index contributed by atoms with van der Waals surface area (Å²) in [6.07, 6.45) is 0. The Balaban J connectivity index is 1.63. The Labute approximate surface area is 144 Å². The van der Waals surface area contributed by atoms with Gasteiger partial charge in [-0.1, -0.05) is 0 Å². The second-order valence-corrected chi connectivity index (χ2v) is 8.66. The molecule has 0 bridgehead atoms. The van der Waals surface area contributed by atoms with Gasteiger partial charge in [-0.25, -0.2) is 8.42 Å². The first-order chi connectivity index (χ1) is 11.6. The quantitative estimate of drug-likeness (QED) is 0.893. The van der Waals surface area contributed by atoms with E-state index in [1.807, 2.05) is 16.8 Å². The molecule has 4 rings (SSSR count). The fourth-order valence-electron chi connectivity index (χ4n) is 3.26. The lowest BCUT2D eigenvalue weighted by Crippen LogP contribution is -2.29. The molecule has 0 spiro atoms. The van der Waals surface area contributed by atoms with Gasteiger partial charge in [-0.3, -0.25) is 0 Å². The molecular weight excluding hydrogens is 350 g/mol. The van der Waals surface area contributed by atoms with Crippen LogP contribution in [0.1, 0.15) is 11.5 Å². The van der Waals surface area contributed by atoms with Gasteiger partial charge < -0.3 is 14.6 Å². The molecule has 24 heavy (non-hydrogen) atoms. The van der Waals surface area contributed by atoms with Crippen LogP contribution < -0.4 is 9.47 Å². The number of rotatable bonds is 4. The van der Waals surface area contributed by atoms with E-state index in [1.165, 1.54) is 16.4 Å². The van der Waals surface area contributed by atoms with E-state index in [4.69, 9.17) is 9.47 Å². The maximum Gasteiger partial charge on any atom is 0.243 e. The van der Waals surface area contributed by atoms with E-state index < -0.39 is 10.0 Å². The van der Waals surface area contributed by atoms with Crippen LogP contribution in [-0.2, 0) is 10.0 Å². The summed E-state index contributed by atoms with van der Waals surface area (Å²) in [5.74, 6) is 0.927. The van der Waals surface area contributed by atoms with Gasteiger partial charge in [0.1, 0.15) is 0 Å². The van der Waals surface area contributed by atoms with Crippen molar-refractivity contribution < 1.29 is 23.0 Å².